The van der Waals surface area contributed by atoms with Gasteiger partial charge in [0.25, 0.3) is 0 Å². The van der Waals surface area contributed by atoms with E-state index in [1.165, 1.54) is 92.4 Å². The van der Waals surface area contributed by atoms with Crippen molar-refractivity contribution in [2.24, 2.45) is 0 Å². The van der Waals surface area contributed by atoms with Crippen LogP contribution in [0.25, 0.3) is 104 Å². The Kier molecular flexibility index (Phi) is 8.25. The summed E-state index contributed by atoms with van der Waals surface area (Å²) in [7, 11) is 0. The van der Waals surface area contributed by atoms with Gasteiger partial charge in [-0.05, 0) is 131 Å². The summed E-state index contributed by atoms with van der Waals surface area (Å²) in [6, 6.07) is 89.3. The lowest BCUT2D eigenvalue weighted by Gasteiger charge is -2.28. The maximum Gasteiger partial charge on any atom is 0.0562 e. The summed E-state index contributed by atoms with van der Waals surface area (Å²) in [4.78, 5) is 2.50. The topological polar surface area (TPSA) is 8.17 Å². The van der Waals surface area contributed by atoms with Gasteiger partial charge >= 0.3 is 0 Å². The van der Waals surface area contributed by atoms with E-state index in [1.54, 1.807) is 0 Å². The van der Waals surface area contributed by atoms with Gasteiger partial charge in [-0.1, -0.05) is 188 Å². The minimum atomic E-state index is 1.09. The Morgan fingerprint density at radius 3 is 1.59 bits per heavy atom. The van der Waals surface area contributed by atoms with Crippen molar-refractivity contribution < 1.29 is 0 Å². The second kappa shape index (κ2) is 14.6. The fourth-order valence-corrected chi connectivity index (χ4v) is 10.5. The zero-order valence-electron chi connectivity index (χ0n) is 35.0. The molecule has 298 valence electrons. The largest absolute Gasteiger partial charge is 0.310 e. The highest BCUT2D eigenvalue weighted by Crippen LogP contribution is 2.49. The van der Waals surface area contributed by atoms with E-state index in [2.05, 4.69) is 252 Å². The molecule has 0 aliphatic heterocycles. The van der Waals surface area contributed by atoms with Crippen molar-refractivity contribution in [2.45, 2.75) is 0 Å². The van der Waals surface area contributed by atoms with E-state index >= 15 is 0 Å². The van der Waals surface area contributed by atoms with Gasteiger partial charge in [0.05, 0.1) is 16.7 Å². The van der Waals surface area contributed by atoms with Gasteiger partial charge in [-0.15, -0.1) is 0 Å². The number of nitrogens with zero attached hydrogens (tertiary/aromatic N) is 2. The first kappa shape index (κ1) is 36.2. The summed E-state index contributed by atoms with van der Waals surface area (Å²) in [5.41, 5.74) is 11.7. The average molecular weight is 813 g/mol. The van der Waals surface area contributed by atoms with E-state index in [1.807, 2.05) is 0 Å². The van der Waals surface area contributed by atoms with Gasteiger partial charge in [-0.25, -0.2) is 0 Å². The number of hydrogen-bond acceptors (Lipinski definition) is 1. The predicted molar refractivity (Wildman–Crippen MR) is 274 cm³/mol. The van der Waals surface area contributed by atoms with Crippen LogP contribution >= 0.6 is 0 Å². The molecule has 0 spiro atoms. The van der Waals surface area contributed by atoms with E-state index in [0.717, 1.165) is 28.3 Å². The standard InChI is InChI=1S/C62H40N2/c1-3-18-43(19-4-1)60-54-25-12-11-24-52(54)53-37-35-49(40-56(53)61(60)44-20-5-2-6-21-44)63(47-34-36-51-46(39-47)31-30-42-17-9-10-23-50(42)51)58-28-15-29-59-62(58)55-26-13-14-27-57(55)64(59)48-33-32-41-16-7-8-22-45(41)38-48/h1-40H. The molecule has 12 aromatic carbocycles. The van der Waals surface area contributed by atoms with Crippen molar-refractivity contribution in [3.05, 3.63) is 243 Å². The highest BCUT2D eigenvalue weighted by Gasteiger charge is 2.24. The molecule has 13 aromatic rings. The van der Waals surface area contributed by atoms with Crippen molar-refractivity contribution in [1.82, 2.24) is 4.57 Å². The van der Waals surface area contributed by atoms with Crippen LogP contribution in [0.5, 0.6) is 0 Å². The van der Waals surface area contributed by atoms with Gasteiger partial charge in [0, 0.05) is 27.8 Å². The number of hydrogen-bond donors (Lipinski definition) is 0. The van der Waals surface area contributed by atoms with Crippen LogP contribution in [0.3, 0.4) is 0 Å². The molecular weight excluding hydrogens is 773 g/mol. The summed E-state index contributed by atoms with van der Waals surface area (Å²) in [6.07, 6.45) is 0. The molecule has 0 aliphatic carbocycles. The smallest absolute Gasteiger partial charge is 0.0562 e. The van der Waals surface area contributed by atoms with Gasteiger partial charge < -0.3 is 9.47 Å². The number of anilines is 3. The van der Waals surface area contributed by atoms with Crippen molar-refractivity contribution in [2.75, 3.05) is 4.90 Å². The Hall–Kier alpha value is -8.46. The maximum absolute atomic E-state index is 2.50. The van der Waals surface area contributed by atoms with Crippen LogP contribution in [0, 0.1) is 0 Å². The quantitative estimate of drug-likeness (QED) is 0.152. The summed E-state index contributed by atoms with van der Waals surface area (Å²) in [5, 5.41) is 14.8. The minimum absolute atomic E-state index is 1.09. The third-order valence-electron chi connectivity index (χ3n) is 13.3. The molecule has 1 aromatic heterocycles. The third kappa shape index (κ3) is 5.66. The highest BCUT2D eigenvalue weighted by molar-refractivity contribution is 6.23. The number of fused-ring (bicyclic) bond motifs is 10. The monoisotopic (exact) mass is 812 g/mol. The summed E-state index contributed by atoms with van der Waals surface area (Å²) in [6.45, 7) is 0. The SMILES string of the molecule is c1ccc(-c2c(-c3ccccc3)c3cc(N(c4ccc5c(ccc6ccccc65)c4)c4cccc5c4c4ccccc4n5-c4ccc5ccccc5c4)ccc3c3ccccc23)cc1. The summed E-state index contributed by atoms with van der Waals surface area (Å²) in [5.74, 6) is 0. The van der Waals surface area contributed by atoms with Crippen LogP contribution in [0.4, 0.5) is 17.1 Å². The molecule has 2 heteroatoms. The first-order chi connectivity index (χ1) is 31.8. The Morgan fingerprint density at radius 1 is 0.281 bits per heavy atom. The lowest BCUT2D eigenvalue weighted by Crippen LogP contribution is -2.10. The Bertz CT molecular complexity index is 3960. The molecule has 0 bridgehead atoms. The van der Waals surface area contributed by atoms with Crippen LogP contribution in [0.2, 0.25) is 0 Å². The molecule has 0 saturated heterocycles. The molecule has 0 saturated carbocycles. The van der Waals surface area contributed by atoms with E-state index in [4.69, 9.17) is 0 Å². The molecular formula is C62H40N2. The minimum Gasteiger partial charge on any atom is -0.310 e. The van der Waals surface area contributed by atoms with E-state index in [-0.39, 0.29) is 0 Å². The van der Waals surface area contributed by atoms with Gasteiger partial charge in [0.15, 0.2) is 0 Å². The molecule has 64 heavy (non-hydrogen) atoms. The molecule has 13 rings (SSSR count). The molecule has 0 aliphatic rings. The molecule has 2 nitrogen and oxygen atoms in total. The van der Waals surface area contributed by atoms with Gasteiger partial charge in [0.1, 0.15) is 0 Å². The lowest BCUT2D eigenvalue weighted by atomic mass is 9.85. The van der Waals surface area contributed by atoms with Crippen molar-refractivity contribution in [1.29, 1.82) is 0 Å². The first-order valence-electron chi connectivity index (χ1n) is 22.1. The summed E-state index contributed by atoms with van der Waals surface area (Å²) >= 11 is 0. The van der Waals surface area contributed by atoms with Crippen LogP contribution < -0.4 is 4.90 Å². The molecule has 0 amide bonds. The molecule has 0 atom stereocenters. The zero-order chi connectivity index (χ0) is 42.1. The highest BCUT2D eigenvalue weighted by atomic mass is 15.1. The second-order valence-electron chi connectivity index (χ2n) is 16.8. The van der Waals surface area contributed by atoms with E-state index in [0.29, 0.717) is 0 Å². The molecule has 0 radical (unpaired) electrons. The number of aromatic nitrogens is 1. The van der Waals surface area contributed by atoms with Crippen LogP contribution in [0.15, 0.2) is 243 Å². The normalized spacial score (nSPS) is 11.8. The maximum atomic E-state index is 2.50. The van der Waals surface area contributed by atoms with Crippen LogP contribution in [0.1, 0.15) is 0 Å². The Morgan fingerprint density at radius 2 is 0.812 bits per heavy atom. The molecule has 0 unspecified atom stereocenters. The fourth-order valence-electron chi connectivity index (χ4n) is 10.5. The van der Waals surface area contributed by atoms with E-state index < -0.39 is 0 Å². The van der Waals surface area contributed by atoms with Gasteiger partial charge in [-0.3, -0.25) is 0 Å². The fraction of sp³-hybridized carbons (Fsp3) is 0. The zero-order valence-corrected chi connectivity index (χ0v) is 35.0. The van der Waals surface area contributed by atoms with Crippen LogP contribution in [-0.2, 0) is 0 Å². The molecule has 1 heterocycles. The van der Waals surface area contributed by atoms with Crippen molar-refractivity contribution in [3.8, 4) is 27.9 Å². The number of benzene rings is 12. The third-order valence-corrected chi connectivity index (χ3v) is 13.3. The molecule has 0 fully saturated rings. The van der Waals surface area contributed by atoms with E-state index in [9.17, 15) is 0 Å². The van der Waals surface area contributed by atoms with Gasteiger partial charge in [0.2, 0.25) is 0 Å². The van der Waals surface area contributed by atoms with Crippen molar-refractivity contribution >= 4 is 92.7 Å². The Balaban J connectivity index is 1.14. The number of para-hydroxylation sites is 1. The predicted octanol–water partition coefficient (Wildman–Crippen LogP) is 17.4. The number of rotatable bonds is 6. The first-order valence-corrected chi connectivity index (χ1v) is 22.1. The average Bonchev–Trinajstić information content (AvgIpc) is 3.71. The summed E-state index contributed by atoms with van der Waals surface area (Å²) < 4.78 is 2.44. The second-order valence-corrected chi connectivity index (χ2v) is 16.8. The van der Waals surface area contributed by atoms with Gasteiger partial charge in [-0.2, -0.15) is 0 Å². The molecule has 0 N–H and O–H groups in total. The Labute approximate surface area is 371 Å². The van der Waals surface area contributed by atoms with Crippen molar-refractivity contribution in [3.63, 3.8) is 0 Å². The van der Waals surface area contributed by atoms with Crippen LogP contribution in [-0.4, -0.2) is 4.57 Å². The lowest BCUT2D eigenvalue weighted by molar-refractivity contribution is 1.18.